The number of rotatable bonds is 2. The zero-order valence-corrected chi connectivity index (χ0v) is 17.8. The van der Waals surface area contributed by atoms with Crippen molar-refractivity contribution in [1.29, 1.82) is 0 Å². The van der Waals surface area contributed by atoms with Gasteiger partial charge in [0, 0.05) is 16.1 Å². The number of benzene rings is 3. The molecule has 0 atom stereocenters. The van der Waals surface area contributed by atoms with Crippen LogP contribution in [0.25, 0.3) is 16.3 Å². The molecule has 0 aliphatic heterocycles. The Balaban J connectivity index is 0.000000477. The number of hydrogen-bond donors (Lipinski definition) is 1. The molecule has 0 aliphatic carbocycles. The SMILES string of the molecule is C=C/C=C(\C)c1cccc2ccccc12.CC.Cc1ccccc1.NBr. The van der Waals surface area contributed by atoms with Gasteiger partial charge in [-0.1, -0.05) is 111 Å². The Labute approximate surface area is 167 Å². The third kappa shape index (κ3) is 8.28. The maximum Gasteiger partial charge on any atom is 0.00554 e. The van der Waals surface area contributed by atoms with E-state index in [9.17, 15) is 0 Å². The summed E-state index contributed by atoms with van der Waals surface area (Å²) in [6, 6.07) is 25.1. The minimum atomic E-state index is 1.25. The molecule has 0 amide bonds. The molecule has 0 aliphatic rings. The molecule has 0 bridgehead atoms. The van der Waals surface area contributed by atoms with Gasteiger partial charge in [0.05, 0.1) is 0 Å². The molecule has 0 radical (unpaired) electrons. The highest BCUT2D eigenvalue weighted by molar-refractivity contribution is 9.07. The Kier molecular flexibility index (Phi) is 13.9. The van der Waals surface area contributed by atoms with Crippen LogP contribution >= 0.6 is 16.1 Å². The van der Waals surface area contributed by atoms with Gasteiger partial charge in [0.15, 0.2) is 0 Å². The van der Waals surface area contributed by atoms with Crippen molar-refractivity contribution in [3.63, 3.8) is 0 Å². The highest BCUT2D eigenvalue weighted by Crippen LogP contribution is 2.24. The summed E-state index contributed by atoms with van der Waals surface area (Å²) in [6.07, 6.45) is 3.87. The molecule has 3 rings (SSSR count). The summed E-state index contributed by atoms with van der Waals surface area (Å²) in [4.78, 5) is 0. The summed E-state index contributed by atoms with van der Waals surface area (Å²) in [5.41, 5.74) is 3.86. The Bertz CT molecular complexity index is 771. The van der Waals surface area contributed by atoms with Gasteiger partial charge in [-0.05, 0) is 35.8 Å². The van der Waals surface area contributed by atoms with E-state index in [0.717, 1.165) is 0 Å². The van der Waals surface area contributed by atoms with E-state index in [1.807, 2.05) is 44.2 Å². The van der Waals surface area contributed by atoms with Crippen molar-refractivity contribution in [2.45, 2.75) is 27.7 Å². The fourth-order valence-corrected chi connectivity index (χ4v) is 2.37. The van der Waals surface area contributed by atoms with Crippen molar-refractivity contribution >= 4 is 32.5 Å². The van der Waals surface area contributed by atoms with Crippen LogP contribution in [0.3, 0.4) is 0 Å². The number of aryl methyl sites for hydroxylation is 1. The summed E-state index contributed by atoms with van der Waals surface area (Å²) in [7, 11) is 0. The van der Waals surface area contributed by atoms with Gasteiger partial charge in [0.1, 0.15) is 0 Å². The van der Waals surface area contributed by atoms with Crippen molar-refractivity contribution in [3.05, 3.63) is 103 Å². The molecule has 0 saturated carbocycles. The predicted octanol–water partition coefficient (Wildman–Crippen LogP) is 7.71. The van der Waals surface area contributed by atoms with Crippen molar-refractivity contribution in [1.82, 2.24) is 0 Å². The molecule has 3 aromatic rings. The second-order valence-corrected chi connectivity index (χ2v) is 5.27. The van der Waals surface area contributed by atoms with E-state index in [4.69, 9.17) is 0 Å². The second kappa shape index (κ2) is 15.1. The molecule has 0 fully saturated rings. The van der Waals surface area contributed by atoms with E-state index < -0.39 is 0 Å². The fourth-order valence-electron chi connectivity index (χ4n) is 2.37. The number of nitrogens with two attached hydrogens (primary N) is 1. The molecule has 0 saturated heterocycles. The lowest BCUT2D eigenvalue weighted by atomic mass is 9.99. The van der Waals surface area contributed by atoms with Crippen LogP contribution in [0.2, 0.25) is 0 Å². The first kappa shape index (κ1) is 23.8. The largest absolute Gasteiger partial charge is 0.270 e. The highest BCUT2D eigenvalue weighted by Gasteiger charge is 2.00. The summed E-state index contributed by atoms with van der Waals surface area (Å²) >= 11 is 2.44. The van der Waals surface area contributed by atoms with Crippen LogP contribution in [0.15, 0.2) is 91.5 Å². The van der Waals surface area contributed by atoms with E-state index >= 15 is 0 Å². The van der Waals surface area contributed by atoms with Gasteiger partial charge in [-0.3, -0.25) is 4.76 Å². The quantitative estimate of drug-likeness (QED) is 0.339. The Morgan fingerprint density at radius 3 is 1.92 bits per heavy atom. The van der Waals surface area contributed by atoms with Crippen LogP contribution in [0, 0.1) is 6.92 Å². The number of hydrogen-bond acceptors (Lipinski definition) is 1. The van der Waals surface area contributed by atoms with Crippen molar-refractivity contribution in [2.75, 3.05) is 0 Å². The molecule has 26 heavy (non-hydrogen) atoms. The lowest BCUT2D eigenvalue weighted by Crippen LogP contribution is -1.82. The van der Waals surface area contributed by atoms with Crippen LogP contribution in [0.4, 0.5) is 0 Å². The third-order valence-electron chi connectivity index (χ3n) is 3.52. The summed E-state index contributed by atoms with van der Waals surface area (Å²) in [5, 5.41) is 2.59. The first-order valence-corrected chi connectivity index (χ1v) is 9.65. The van der Waals surface area contributed by atoms with Crippen molar-refractivity contribution in [3.8, 4) is 0 Å². The maximum absolute atomic E-state index is 4.31. The topological polar surface area (TPSA) is 26.0 Å². The van der Waals surface area contributed by atoms with Gasteiger partial charge in [0.2, 0.25) is 0 Å². The Morgan fingerprint density at radius 1 is 0.846 bits per heavy atom. The fraction of sp³-hybridized carbons (Fsp3) is 0.167. The monoisotopic (exact) mass is 411 g/mol. The van der Waals surface area contributed by atoms with Crippen LogP contribution in [0.1, 0.15) is 31.9 Å². The minimum Gasteiger partial charge on any atom is -0.270 e. The standard InChI is InChI=1S/C15H14.C7H8.C2H6.BrH2N/c1-3-7-12(2)14-11-6-9-13-8-4-5-10-15(13)14;1-7-5-3-2-4-6-7;2*1-2/h3-11H,1H2,2H3;2-6H,1H3;1-2H3;2H2/b12-7+;;;. The van der Waals surface area contributed by atoms with Gasteiger partial charge >= 0.3 is 0 Å². The molecule has 0 unspecified atom stereocenters. The summed E-state index contributed by atoms with van der Waals surface area (Å²) in [6.45, 7) is 11.9. The number of fused-ring (bicyclic) bond motifs is 1. The first-order chi connectivity index (χ1) is 12.7. The average Bonchev–Trinajstić information content (AvgIpc) is 2.72. The van der Waals surface area contributed by atoms with Crippen LogP contribution in [-0.4, -0.2) is 0 Å². The molecule has 0 aromatic heterocycles. The highest BCUT2D eigenvalue weighted by atomic mass is 79.9. The molecule has 0 spiro atoms. The van der Waals surface area contributed by atoms with Gasteiger partial charge in [-0.25, -0.2) is 0 Å². The first-order valence-electron chi connectivity index (χ1n) is 8.73. The smallest absolute Gasteiger partial charge is 0.00554 e. The van der Waals surface area contributed by atoms with E-state index in [1.165, 1.54) is 27.5 Å². The lowest BCUT2D eigenvalue weighted by Gasteiger charge is -2.05. The predicted molar refractivity (Wildman–Crippen MR) is 123 cm³/mol. The maximum atomic E-state index is 4.31. The van der Waals surface area contributed by atoms with Gasteiger partial charge in [-0.15, -0.1) is 0 Å². The number of halogens is 1. The van der Waals surface area contributed by atoms with E-state index in [0.29, 0.717) is 0 Å². The second-order valence-electron chi connectivity index (χ2n) is 5.27. The van der Waals surface area contributed by atoms with Crippen LogP contribution < -0.4 is 4.76 Å². The molecule has 2 heteroatoms. The molecular formula is C24H30BrN. The van der Waals surface area contributed by atoms with Crippen LogP contribution in [0.5, 0.6) is 0 Å². The molecule has 3 aromatic carbocycles. The van der Waals surface area contributed by atoms with E-state index in [1.54, 1.807) is 0 Å². The van der Waals surface area contributed by atoms with E-state index in [2.05, 4.69) is 95.9 Å². The van der Waals surface area contributed by atoms with E-state index in [-0.39, 0.29) is 0 Å². The molecular weight excluding hydrogens is 382 g/mol. The molecule has 0 heterocycles. The lowest BCUT2D eigenvalue weighted by molar-refractivity contribution is 1.48. The van der Waals surface area contributed by atoms with Crippen LogP contribution in [-0.2, 0) is 0 Å². The molecule has 1 nitrogen and oxygen atoms in total. The number of allylic oxidation sites excluding steroid dienone is 3. The summed E-state index contributed by atoms with van der Waals surface area (Å²) < 4.78 is 4.31. The van der Waals surface area contributed by atoms with Crippen molar-refractivity contribution < 1.29 is 0 Å². The van der Waals surface area contributed by atoms with Crippen molar-refractivity contribution in [2.24, 2.45) is 4.76 Å². The average molecular weight is 412 g/mol. The normalized spacial score (nSPS) is 9.54. The minimum absolute atomic E-state index is 1.25. The Morgan fingerprint density at radius 2 is 1.38 bits per heavy atom. The molecule has 138 valence electrons. The zero-order valence-electron chi connectivity index (χ0n) is 16.2. The third-order valence-corrected chi connectivity index (χ3v) is 3.52. The zero-order chi connectivity index (χ0) is 19.8. The van der Waals surface area contributed by atoms with Gasteiger partial charge in [0.25, 0.3) is 0 Å². The summed E-state index contributed by atoms with van der Waals surface area (Å²) in [5.74, 6) is 0. The molecule has 2 N–H and O–H groups in total. The van der Waals surface area contributed by atoms with Gasteiger partial charge < -0.3 is 0 Å². The van der Waals surface area contributed by atoms with Gasteiger partial charge in [-0.2, -0.15) is 0 Å². The Hall–Kier alpha value is -2.16.